The van der Waals surface area contributed by atoms with Crippen LogP contribution in [0, 0.1) is 12.8 Å². The highest BCUT2D eigenvalue weighted by Gasteiger charge is 2.28. The molecule has 0 aliphatic heterocycles. The van der Waals surface area contributed by atoms with E-state index in [9.17, 15) is 0 Å². The molecule has 3 aromatic rings. The van der Waals surface area contributed by atoms with Crippen LogP contribution in [0.5, 0.6) is 0 Å². The van der Waals surface area contributed by atoms with E-state index in [2.05, 4.69) is 54.0 Å². The van der Waals surface area contributed by atoms with Gasteiger partial charge in [-0.2, -0.15) is 5.10 Å². The SMILES string of the molecule is Cc1ncsc1-c1cnn(C(CC2CC2)c2ccc(Br)cn2)c1. The van der Waals surface area contributed by atoms with Gasteiger partial charge in [0.05, 0.1) is 34.0 Å². The first-order valence-electron chi connectivity index (χ1n) is 7.77. The molecule has 1 aliphatic carbocycles. The van der Waals surface area contributed by atoms with E-state index in [0.717, 1.165) is 33.8 Å². The molecular formula is C17H17BrN4S. The Balaban J connectivity index is 1.67. The first-order chi connectivity index (χ1) is 11.2. The third-order valence-corrected chi connectivity index (χ3v) is 5.72. The molecule has 1 unspecified atom stereocenters. The van der Waals surface area contributed by atoms with Gasteiger partial charge in [-0.1, -0.05) is 12.8 Å². The van der Waals surface area contributed by atoms with Crippen molar-refractivity contribution < 1.29 is 0 Å². The Morgan fingerprint density at radius 2 is 2.17 bits per heavy atom. The number of thiazole rings is 1. The Bertz CT molecular complexity index is 804. The molecule has 4 rings (SSSR count). The third kappa shape index (κ3) is 3.23. The summed E-state index contributed by atoms with van der Waals surface area (Å²) in [6, 6.07) is 4.36. The largest absolute Gasteiger partial charge is 0.263 e. The fraction of sp³-hybridized carbons (Fsp3) is 0.353. The van der Waals surface area contributed by atoms with Crippen LogP contribution < -0.4 is 0 Å². The number of aromatic nitrogens is 4. The Kier molecular flexibility index (Phi) is 4.03. The average Bonchev–Trinajstić information content (AvgIpc) is 3.06. The number of nitrogens with zero attached hydrogens (tertiary/aromatic N) is 4. The molecular weight excluding hydrogens is 372 g/mol. The Morgan fingerprint density at radius 1 is 1.30 bits per heavy atom. The minimum atomic E-state index is 0.206. The normalized spacial score (nSPS) is 15.7. The van der Waals surface area contributed by atoms with Gasteiger partial charge in [0.25, 0.3) is 0 Å². The fourth-order valence-electron chi connectivity index (χ4n) is 2.82. The number of hydrogen-bond donors (Lipinski definition) is 0. The lowest BCUT2D eigenvalue weighted by atomic mass is 10.1. The molecule has 1 atom stereocenters. The molecule has 1 fully saturated rings. The van der Waals surface area contributed by atoms with E-state index in [0.29, 0.717) is 0 Å². The van der Waals surface area contributed by atoms with Crippen molar-refractivity contribution >= 4 is 27.3 Å². The maximum absolute atomic E-state index is 4.64. The number of rotatable bonds is 5. The molecule has 0 saturated heterocycles. The second kappa shape index (κ2) is 6.17. The molecule has 0 amide bonds. The van der Waals surface area contributed by atoms with Crippen LogP contribution in [0.2, 0.25) is 0 Å². The Labute approximate surface area is 147 Å². The van der Waals surface area contributed by atoms with Crippen molar-refractivity contribution in [2.45, 2.75) is 32.2 Å². The van der Waals surface area contributed by atoms with Gasteiger partial charge in [0.1, 0.15) is 0 Å². The minimum absolute atomic E-state index is 0.206. The summed E-state index contributed by atoms with van der Waals surface area (Å²) >= 11 is 5.13. The van der Waals surface area contributed by atoms with Crippen LogP contribution >= 0.6 is 27.3 Å². The predicted molar refractivity (Wildman–Crippen MR) is 95.5 cm³/mol. The van der Waals surface area contributed by atoms with Crippen LogP contribution in [0.15, 0.2) is 40.7 Å². The smallest absolute Gasteiger partial charge is 0.0941 e. The summed E-state index contributed by atoms with van der Waals surface area (Å²) in [5, 5.41) is 4.64. The van der Waals surface area contributed by atoms with Crippen molar-refractivity contribution in [1.82, 2.24) is 19.7 Å². The van der Waals surface area contributed by atoms with Gasteiger partial charge in [-0.05, 0) is 47.3 Å². The van der Waals surface area contributed by atoms with E-state index in [1.165, 1.54) is 17.7 Å². The molecule has 1 aliphatic rings. The molecule has 0 bridgehead atoms. The molecule has 23 heavy (non-hydrogen) atoms. The van der Waals surface area contributed by atoms with Crippen LogP contribution in [-0.2, 0) is 0 Å². The summed E-state index contributed by atoms with van der Waals surface area (Å²) in [4.78, 5) is 10.1. The minimum Gasteiger partial charge on any atom is -0.263 e. The van der Waals surface area contributed by atoms with Gasteiger partial charge >= 0.3 is 0 Å². The first kappa shape index (κ1) is 15.0. The van der Waals surface area contributed by atoms with Gasteiger partial charge in [-0.15, -0.1) is 11.3 Å². The maximum Gasteiger partial charge on any atom is 0.0941 e. The van der Waals surface area contributed by atoms with E-state index >= 15 is 0 Å². The van der Waals surface area contributed by atoms with Gasteiger partial charge < -0.3 is 0 Å². The standard InChI is InChI=1S/C17H17BrN4S/c1-11-17(23-10-20-11)13-7-21-22(9-13)16(6-12-2-3-12)15-5-4-14(18)8-19-15/h4-5,7-10,12,16H,2-3,6H2,1H3. The summed E-state index contributed by atoms with van der Waals surface area (Å²) in [6.07, 6.45) is 9.71. The van der Waals surface area contributed by atoms with Gasteiger partial charge in [0, 0.05) is 22.4 Å². The van der Waals surface area contributed by atoms with E-state index in [1.807, 2.05) is 24.8 Å². The molecule has 118 valence electrons. The van der Waals surface area contributed by atoms with Crippen LogP contribution in [-0.4, -0.2) is 19.7 Å². The van der Waals surface area contributed by atoms with E-state index in [1.54, 1.807) is 11.3 Å². The highest BCUT2D eigenvalue weighted by atomic mass is 79.9. The van der Waals surface area contributed by atoms with Crippen molar-refractivity contribution in [3.8, 4) is 10.4 Å². The van der Waals surface area contributed by atoms with Crippen molar-refractivity contribution in [3.05, 3.63) is 52.1 Å². The zero-order chi connectivity index (χ0) is 15.8. The van der Waals surface area contributed by atoms with Crippen molar-refractivity contribution in [2.75, 3.05) is 0 Å². The summed E-state index contributed by atoms with van der Waals surface area (Å²) < 4.78 is 3.08. The molecule has 4 nitrogen and oxygen atoms in total. The lowest BCUT2D eigenvalue weighted by Crippen LogP contribution is -2.13. The molecule has 6 heteroatoms. The first-order valence-corrected chi connectivity index (χ1v) is 9.44. The van der Waals surface area contributed by atoms with Crippen LogP contribution in [0.3, 0.4) is 0 Å². The van der Waals surface area contributed by atoms with E-state index in [4.69, 9.17) is 0 Å². The van der Waals surface area contributed by atoms with Crippen LogP contribution in [0.4, 0.5) is 0 Å². The molecule has 1 saturated carbocycles. The summed E-state index contributed by atoms with van der Waals surface area (Å²) in [6.45, 7) is 2.04. The molecule has 0 radical (unpaired) electrons. The average molecular weight is 389 g/mol. The highest BCUT2D eigenvalue weighted by molar-refractivity contribution is 9.10. The van der Waals surface area contributed by atoms with Gasteiger partial charge in [-0.25, -0.2) is 4.98 Å². The van der Waals surface area contributed by atoms with Crippen LogP contribution in [0.1, 0.15) is 36.7 Å². The topological polar surface area (TPSA) is 43.6 Å². The lowest BCUT2D eigenvalue weighted by Gasteiger charge is -2.17. The van der Waals surface area contributed by atoms with E-state index in [-0.39, 0.29) is 6.04 Å². The van der Waals surface area contributed by atoms with Crippen molar-refractivity contribution in [1.29, 1.82) is 0 Å². The molecule has 0 spiro atoms. The predicted octanol–water partition coefficient (Wildman–Crippen LogP) is 4.86. The number of pyridine rings is 1. The quantitative estimate of drug-likeness (QED) is 0.626. The van der Waals surface area contributed by atoms with E-state index < -0.39 is 0 Å². The molecule has 0 aromatic carbocycles. The Morgan fingerprint density at radius 3 is 2.83 bits per heavy atom. The third-order valence-electron chi connectivity index (χ3n) is 4.27. The zero-order valence-electron chi connectivity index (χ0n) is 12.8. The zero-order valence-corrected chi connectivity index (χ0v) is 15.2. The summed E-state index contributed by atoms with van der Waals surface area (Å²) in [5.41, 5.74) is 5.17. The fourth-order valence-corrected chi connectivity index (χ4v) is 3.84. The second-order valence-electron chi connectivity index (χ2n) is 6.07. The second-order valence-corrected chi connectivity index (χ2v) is 7.84. The number of halogens is 1. The van der Waals surface area contributed by atoms with Gasteiger partial charge in [-0.3, -0.25) is 9.67 Å². The van der Waals surface area contributed by atoms with Crippen molar-refractivity contribution in [3.63, 3.8) is 0 Å². The monoisotopic (exact) mass is 388 g/mol. The number of hydrogen-bond acceptors (Lipinski definition) is 4. The molecule has 3 aromatic heterocycles. The van der Waals surface area contributed by atoms with Crippen LogP contribution in [0.25, 0.3) is 10.4 Å². The lowest BCUT2D eigenvalue weighted by molar-refractivity contribution is 0.455. The maximum atomic E-state index is 4.64. The Hall–Kier alpha value is -1.53. The van der Waals surface area contributed by atoms with Crippen molar-refractivity contribution in [2.24, 2.45) is 5.92 Å². The summed E-state index contributed by atoms with van der Waals surface area (Å²) in [7, 11) is 0. The molecule has 0 N–H and O–H groups in total. The highest BCUT2D eigenvalue weighted by Crippen LogP contribution is 2.39. The molecule has 3 heterocycles. The van der Waals surface area contributed by atoms with Gasteiger partial charge in [0.2, 0.25) is 0 Å². The summed E-state index contributed by atoms with van der Waals surface area (Å²) in [5.74, 6) is 0.809. The number of aryl methyl sites for hydroxylation is 1. The van der Waals surface area contributed by atoms with Gasteiger partial charge in [0.15, 0.2) is 0 Å².